The predicted octanol–water partition coefficient (Wildman–Crippen LogP) is 17.7. The zero-order valence-corrected chi connectivity index (χ0v) is 36.5. The first-order chi connectivity index (χ1) is 33.6. The van der Waals surface area contributed by atoms with Crippen molar-refractivity contribution in [2.45, 2.75) is 0 Å². The Bertz CT molecular complexity index is 3040. The van der Waals surface area contributed by atoms with Crippen LogP contribution in [0.4, 0.5) is 0 Å². The summed E-state index contributed by atoms with van der Waals surface area (Å²) < 4.78 is 49.5. The molecule has 0 bridgehead atoms. The standard InChI is InChI=1S/C60H42O8/c1-3-17-45(18-4-1)61-49-23-9-27-53(37-49)65-57-31-13-33-59(41-57)67-55-29-11-25-51(39-55)63-47-21-7-15-43(35-47)44-16-8-22-48(36-44)64-52-26-12-30-56(40-52)68-60-34-14-32-58(42-60)66-54-28-10-24-50(38-54)62-46-19-5-2-6-20-46/h1-42H. The fourth-order valence-electron chi connectivity index (χ4n) is 7.15. The molecule has 0 aliphatic carbocycles. The first kappa shape index (κ1) is 42.5. The third-order valence-electron chi connectivity index (χ3n) is 10.2. The van der Waals surface area contributed by atoms with Gasteiger partial charge in [-0.1, -0.05) is 97.1 Å². The minimum Gasteiger partial charge on any atom is -0.457 e. The van der Waals surface area contributed by atoms with E-state index in [0.29, 0.717) is 80.5 Å². The second-order valence-electron chi connectivity index (χ2n) is 15.3. The number of hydrogen-bond acceptors (Lipinski definition) is 8. The van der Waals surface area contributed by atoms with Crippen LogP contribution in [0.3, 0.4) is 0 Å². The van der Waals surface area contributed by atoms with E-state index in [1.54, 1.807) is 0 Å². The van der Waals surface area contributed by atoms with Gasteiger partial charge < -0.3 is 37.9 Å². The highest BCUT2D eigenvalue weighted by Gasteiger charge is 2.10. The molecular formula is C60H42O8. The molecule has 0 aliphatic rings. The molecule has 0 N–H and O–H groups in total. The second-order valence-corrected chi connectivity index (χ2v) is 15.3. The summed E-state index contributed by atoms with van der Waals surface area (Å²) in [5.74, 6) is 10.4. The van der Waals surface area contributed by atoms with E-state index in [0.717, 1.165) is 22.6 Å². The Hall–Kier alpha value is -9.40. The fourth-order valence-corrected chi connectivity index (χ4v) is 7.15. The van der Waals surface area contributed by atoms with Gasteiger partial charge in [-0.2, -0.15) is 0 Å². The van der Waals surface area contributed by atoms with Crippen molar-refractivity contribution >= 4 is 0 Å². The molecule has 0 unspecified atom stereocenters. The van der Waals surface area contributed by atoms with Crippen molar-refractivity contribution in [3.63, 3.8) is 0 Å². The van der Waals surface area contributed by atoms with E-state index < -0.39 is 0 Å². The summed E-state index contributed by atoms with van der Waals surface area (Å²) in [4.78, 5) is 0. The van der Waals surface area contributed by atoms with Crippen LogP contribution in [0, 0.1) is 0 Å². The number of para-hydroxylation sites is 2. The minimum atomic E-state index is 0.614. The van der Waals surface area contributed by atoms with E-state index in [1.165, 1.54) is 0 Å². The summed E-state index contributed by atoms with van der Waals surface area (Å²) in [6.07, 6.45) is 0. The minimum absolute atomic E-state index is 0.614. The van der Waals surface area contributed by atoms with E-state index in [1.807, 2.05) is 255 Å². The Labute approximate surface area is 394 Å². The van der Waals surface area contributed by atoms with Gasteiger partial charge in [-0.15, -0.1) is 0 Å². The van der Waals surface area contributed by atoms with Gasteiger partial charge in [0.1, 0.15) is 92.0 Å². The Kier molecular flexibility index (Phi) is 12.9. The summed E-state index contributed by atoms with van der Waals surface area (Å²) in [5, 5.41) is 0. The maximum absolute atomic E-state index is 6.35. The summed E-state index contributed by atoms with van der Waals surface area (Å²) in [6.45, 7) is 0. The highest BCUT2D eigenvalue weighted by Crippen LogP contribution is 2.37. The number of rotatable bonds is 17. The molecule has 8 nitrogen and oxygen atoms in total. The molecule has 68 heavy (non-hydrogen) atoms. The van der Waals surface area contributed by atoms with Crippen molar-refractivity contribution in [3.8, 4) is 103 Å². The Morgan fingerprint density at radius 1 is 0.132 bits per heavy atom. The third-order valence-corrected chi connectivity index (χ3v) is 10.2. The molecule has 0 saturated carbocycles. The third kappa shape index (κ3) is 11.6. The van der Waals surface area contributed by atoms with Gasteiger partial charge in [0.25, 0.3) is 0 Å². The van der Waals surface area contributed by atoms with Gasteiger partial charge in [-0.05, 0) is 132 Å². The maximum Gasteiger partial charge on any atom is 0.131 e. The van der Waals surface area contributed by atoms with Crippen molar-refractivity contribution in [2.24, 2.45) is 0 Å². The molecule has 10 aromatic rings. The average Bonchev–Trinajstić information content (AvgIpc) is 3.36. The lowest BCUT2D eigenvalue weighted by molar-refractivity contribution is 0.446. The number of hydrogen-bond donors (Lipinski definition) is 0. The van der Waals surface area contributed by atoms with Crippen LogP contribution in [0.5, 0.6) is 92.0 Å². The molecule has 10 rings (SSSR count). The molecule has 0 fully saturated rings. The summed E-state index contributed by atoms with van der Waals surface area (Å²) in [7, 11) is 0. The highest BCUT2D eigenvalue weighted by atomic mass is 16.5. The van der Waals surface area contributed by atoms with Gasteiger partial charge in [0.15, 0.2) is 0 Å². The van der Waals surface area contributed by atoms with Gasteiger partial charge >= 0.3 is 0 Å². The molecule has 0 saturated heterocycles. The van der Waals surface area contributed by atoms with Crippen LogP contribution >= 0.6 is 0 Å². The quantitative estimate of drug-likeness (QED) is 0.0895. The molecule has 10 aromatic carbocycles. The van der Waals surface area contributed by atoms with Crippen LogP contribution in [0.2, 0.25) is 0 Å². The van der Waals surface area contributed by atoms with Crippen molar-refractivity contribution in [2.75, 3.05) is 0 Å². The van der Waals surface area contributed by atoms with Crippen LogP contribution in [-0.2, 0) is 0 Å². The lowest BCUT2D eigenvalue weighted by atomic mass is 10.1. The molecular weight excluding hydrogens is 849 g/mol. The lowest BCUT2D eigenvalue weighted by Gasteiger charge is -2.13. The Balaban J connectivity index is 0.754. The second kappa shape index (κ2) is 20.6. The van der Waals surface area contributed by atoms with Gasteiger partial charge in [-0.3, -0.25) is 0 Å². The van der Waals surface area contributed by atoms with E-state index in [2.05, 4.69) is 0 Å². The van der Waals surface area contributed by atoms with Gasteiger partial charge in [0.2, 0.25) is 0 Å². The van der Waals surface area contributed by atoms with Crippen molar-refractivity contribution < 1.29 is 37.9 Å². The van der Waals surface area contributed by atoms with Gasteiger partial charge in [-0.25, -0.2) is 0 Å². The molecule has 0 spiro atoms. The molecule has 0 aromatic heterocycles. The van der Waals surface area contributed by atoms with E-state index in [9.17, 15) is 0 Å². The molecule has 8 heteroatoms. The van der Waals surface area contributed by atoms with E-state index in [-0.39, 0.29) is 0 Å². The summed E-state index contributed by atoms with van der Waals surface area (Å²) in [5.41, 5.74) is 1.92. The maximum atomic E-state index is 6.35. The molecule has 330 valence electrons. The van der Waals surface area contributed by atoms with Crippen LogP contribution in [-0.4, -0.2) is 0 Å². The monoisotopic (exact) mass is 890 g/mol. The smallest absolute Gasteiger partial charge is 0.131 e. The Morgan fingerprint density at radius 3 is 0.515 bits per heavy atom. The van der Waals surface area contributed by atoms with Gasteiger partial charge in [0.05, 0.1) is 0 Å². The largest absolute Gasteiger partial charge is 0.457 e. The Morgan fingerprint density at radius 2 is 0.294 bits per heavy atom. The predicted molar refractivity (Wildman–Crippen MR) is 264 cm³/mol. The van der Waals surface area contributed by atoms with E-state index in [4.69, 9.17) is 37.9 Å². The lowest BCUT2D eigenvalue weighted by Crippen LogP contribution is -1.90. The molecule has 0 radical (unpaired) electrons. The zero-order valence-electron chi connectivity index (χ0n) is 36.5. The summed E-state index contributed by atoms with van der Waals surface area (Å²) in [6, 6.07) is 80.1. The van der Waals surface area contributed by atoms with Crippen LogP contribution in [0.1, 0.15) is 0 Å². The topological polar surface area (TPSA) is 73.8 Å². The SMILES string of the molecule is c1ccc(Oc2cccc(Oc3cccc(Oc4cccc(Oc5cccc(-c6cccc(Oc7cccc(Oc8cccc(Oc9cccc(Oc%10ccccc%10)c9)c8)c7)c6)c5)c4)c3)c2)cc1. The first-order valence-electron chi connectivity index (χ1n) is 21.9. The zero-order chi connectivity index (χ0) is 45.7. The van der Waals surface area contributed by atoms with Crippen molar-refractivity contribution in [1.82, 2.24) is 0 Å². The molecule has 0 aliphatic heterocycles. The van der Waals surface area contributed by atoms with E-state index >= 15 is 0 Å². The molecule has 0 amide bonds. The molecule has 0 heterocycles. The van der Waals surface area contributed by atoms with Crippen molar-refractivity contribution in [1.29, 1.82) is 0 Å². The average molecular weight is 891 g/mol. The van der Waals surface area contributed by atoms with Crippen LogP contribution in [0.25, 0.3) is 11.1 Å². The number of ether oxygens (including phenoxy) is 8. The normalized spacial score (nSPS) is 10.6. The molecule has 0 atom stereocenters. The van der Waals surface area contributed by atoms with Gasteiger partial charge in [0, 0.05) is 36.4 Å². The number of benzene rings is 10. The van der Waals surface area contributed by atoms with Crippen LogP contribution < -0.4 is 37.9 Å². The first-order valence-corrected chi connectivity index (χ1v) is 21.9. The fraction of sp³-hybridized carbons (Fsp3) is 0. The van der Waals surface area contributed by atoms with Crippen molar-refractivity contribution in [3.05, 3.63) is 255 Å². The highest BCUT2D eigenvalue weighted by molar-refractivity contribution is 5.67. The van der Waals surface area contributed by atoms with Crippen LogP contribution in [0.15, 0.2) is 255 Å². The summed E-state index contributed by atoms with van der Waals surface area (Å²) >= 11 is 0.